The molecule has 0 saturated carbocycles. The van der Waals surface area contributed by atoms with Gasteiger partial charge >= 0.3 is 0 Å². The maximum absolute atomic E-state index is 9.26. The van der Waals surface area contributed by atoms with Crippen molar-refractivity contribution in [3.8, 4) is 27.8 Å². The molecule has 0 aliphatic carbocycles. The average Bonchev–Trinajstić information content (AvgIpc) is 2.94. The van der Waals surface area contributed by atoms with Crippen LogP contribution in [0.25, 0.3) is 11.1 Å². The first-order chi connectivity index (χ1) is 9.31. The first-order valence-corrected chi connectivity index (χ1v) is 6.42. The summed E-state index contributed by atoms with van der Waals surface area (Å²) in [7, 11) is 0. The lowest BCUT2D eigenvalue weighted by molar-refractivity contribution is 0.475. The quantitative estimate of drug-likeness (QED) is 0.788. The molecule has 1 heterocycles. The van der Waals surface area contributed by atoms with Crippen molar-refractivity contribution in [1.82, 2.24) is 9.36 Å². The predicted molar refractivity (Wildman–Crippen MR) is 73.5 cm³/mol. The Labute approximate surface area is 114 Å². The minimum atomic E-state index is 0.264. The Kier molecular flexibility index (Phi) is 3.12. The molecule has 0 aliphatic rings. The average molecular weight is 270 g/mol. The number of rotatable bonds is 3. The van der Waals surface area contributed by atoms with Crippen LogP contribution in [0.5, 0.6) is 16.7 Å². The van der Waals surface area contributed by atoms with Crippen LogP contribution in [0.2, 0.25) is 0 Å². The molecule has 0 bridgehead atoms. The van der Waals surface area contributed by atoms with E-state index in [0.29, 0.717) is 5.19 Å². The molecule has 0 amide bonds. The first-order valence-electron chi connectivity index (χ1n) is 5.65. The van der Waals surface area contributed by atoms with E-state index in [2.05, 4.69) is 9.36 Å². The molecule has 0 saturated heterocycles. The van der Waals surface area contributed by atoms with Crippen LogP contribution in [0.3, 0.4) is 0 Å². The highest BCUT2D eigenvalue weighted by molar-refractivity contribution is 7.07. The standard InChI is InChI=1S/C14H10N2O2S/c17-12-5-1-10(2-6-12)11-3-7-13(8-4-11)18-14-15-9-16-19-14/h1-9,17H. The van der Waals surface area contributed by atoms with E-state index in [0.717, 1.165) is 16.9 Å². The summed E-state index contributed by atoms with van der Waals surface area (Å²) in [5.41, 5.74) is 2.10. The summed E-state index contributed by atoms with van der Waals surface area (Å²) in [5, 5.41) is 9.79. The van der Waals surface area contributed by atoms with Gasteiger partial charge in [-0.15, -0.1) is 0 Å². The second-order valence-electron chi connectivity index (χ2n) is 3.88. The summed E-state index contributed by atoms with van der Waals surface area (Å²) >= 11 is 1.21. The van der Waals surface area contributed by atoms with Gasteiger partial charge in [-0.2, -0.15) is 9.36 Å². The summed E-state index contributed by atoms with van der Waals surface area (Å²) in [6, 6.07) is 14.8. The van der Waals surface area contributed by atoms with E-state index in [9.17, 15) is 5.11 Å². The highest BCUT2D eigenvalue weighted by atomic mass is 32.1. The van der Waals surface area contributed by atoms with Crippen LogP contribution in [0.15, 0.2) is 54.9 Å². The molecule has 0 atom stereocenters. The van der Waals surface area contributed by atoms with Crippen LogP contribution in [0.1, 0.15) is 0 Å². The lowest BCUT2D eigenvalue weighted by Gasteiger charge is -2.04. The number of benzene rings is 2. The summed E-state index contributed by atoms with van der Waals surface area (Å²) in [4.78, 5) is 3.96. The second kappa shape index (κ2) is 5.07. The number of ether oxygens (including phenoxy) is 1. The number of aromatic hydroxyl groups is 1. The highest BCUT2D eigenvalue weighted by Crippen LogP contribution is 2.26. The molecular weight excluding hydrogens is 260 g/mol. The van der Waals surface area contributed by atoms with Crippen molar-refractivity contribution in [3.05, 3.63) is 54.9 Å². The third-order valence-electron chi connectivity index (χ3n) is 2.60. The van der Waals surface area contributed by atoms with Gasteiger partial charge in [0.1, 0.15) is 17.8 Å². The minimum Gasteiger partial charge on any atom is -0.508 e. The van der Waals surface area contributed by atoms with Crippen molar-refractivity contribution in [2.45, 2.75) is 0 Å². The van der Waals surface area contributed by atoms with Gasteiger partial charge < -0.3 is 9.84 Å². The van der Waals surface area contributed by atoms with Gasteiger partial charge in [-0.25, -0.2) is 0 Å². The Morgan fingerprint density at radius 1 is 0.895 bits per heavy atom. The maximum atomic E-state index is 9.26. The molecule has 0 radical (unpaired) electrons. The summed E-state index contributed by atoms with van der Waals surface area (Å²) < 4.78 is 9.41. The summed E-state index contributed by atoms with van der Waals surface area (Å²) in [6.07, 6.45) is 1.46. The molecular formula is C14H10N2O2S. The van der Waals surface area contributed by atoms with Crippen molar-refractivity contribution in [3.63, 3.8) is 0 Å². The topological polar surface area (TPSA) is 55.2 Å². The normalized spacial score (nSPS) is 10.3. The van der Waals surface area contributed by atoms with Crippen LogP contribution >= 0.6 is 11.5 Å². The summed E-state index contributed by atoms with van der Waals surface area (Å²) in [6.45, 7) is 0. The smallest absolute Gasteiger partial charge is 0.298 e. The Hall–Kier alpha value is -2.40. The van der Waals surface area contributed by atoms with Crippen molar-refractivity contribution >= 4 is 11.5 Å². The van der Waals surface area contributed by atoms with E-state index in [1.807, 2.05) is 36.4 Å². The van der Waals surface area contributed by atoms with Gasteiger partial charge in [0.25, 0.3) is 5.19 Å². The van der Waals surface area contributed by atoms with Gasteiger partial charge in [0.05, 0.1) is 0 Å². The van der Waals surface area contributed by atoms with Crippen LogP contribution in [0, 0.1) is 0 Å². The Bertz CT molecular complexity index is 649. The fourth-order valence-electron chi connectivity index (χ4n) is 1.68. The Balaban J connectivity index is 1.80. The molecule has 0 unspecified atom stereocenters. The summed E-state index contributed by atoms with van der Waals surface area (Å²) in [5.74, 6) is 0.985. The molecule has 4 nitrogen and oxygen atoms in total. The third kappa shape index (κ3) is 2.71. The number of phenolic OH excluding ortho intramolecular Hbond substituents is 1. The number of hydrogen-bond donors (Lipinski definition) is 1. The molecule has 2 aromatic carbocycles. The molecule has 0 fully saturated rings. The minimum absolute atomic E-state index is 0.264. The van der Waals surface area contributed by atoms with E-state index < -0.39 is 0 Å². The van der Waals surface area contributed by atoms with Crippen molar-refractivity contribution < 1.29 is 9.84 Å². The zero-order valence-electron chi connectivity index (χ0n) is 9.85. The van der Waals surface area contributed by atoms with Crippen LogP contribution in [0.4, 0.5) is 0 Å². The molecule has 5 heteroatoms. The first kappa shape index (κ1) is 11.7. The number of aromatic nitrogens is 2. The number of hydrogen-bond acceptors (Lipinski definition) is 5. The Morgan fingerprint density at radius 2 is 1.53 bits per heavy atom. The molecule has 1 N–H and O–H groups in total. The SMILES string of the molecule is Oc1ccc(-c2ccc(Oc3ncns3)cc2)cc1. The zero-order chi connectivity index (χ0) is 13.1. The van der Waals surface area contributed by atoms with Gasteiger partial charge in [0, 0.05) is 11.5 Å². The second-order valence-corrected chi connectivity index (χ2v) is 4.62. The monoisotopic (exact) mass is 270 g/mol. The Morgan fingerprint density at radius 3 is 2.11 bits per heavy atom. The van der Waals surface area contributed by atoms with Crippen molar-refractivity contribution in [1.29, 1.82) is 0 Å². The van der Waals surface area contributed by atoms with Gasteiger partial charge in [-0.05, 0) is 35.4 Å². The molecule has 0 spiro atoms. The van der Waals surface area contributed by atoms with Crippen molar-refractivity contribution in [2.75, 3.05) is 0 Å². The molecule has 94 valence electrons. The zero-order valence-corrected chi connectivity index (χ0v) is 10.7. The van der Waals surface area contributed by atoms with E-state index in [1.165, 1.54) is 17.9 Å². The van der Waals surface area contributed by atoms with Gasteiger partial charge in [-0.3, -0.25) is 0 Å². The predicted octanol–water partition coefficient (Wildman–Crippen LogP) is 3.70. The fraction of sp³-hybridized carbons (Fsp3) is 0. The van der Waals surface area contributed by atoms with Crippen molar-refractivity contribution in [2.24, 2.45) is 0 Å². The van der Waals surface area contributed by atoms with Crippen LogP contribution in [-0.2, 0) is 0 Å². The molecule has 3 rings (SSSR count). The largest absolute Gasteiger partial charge is 0.508 e. The van der Waals surface area contributed by atoms with E-state index in [4.69, 9.17) is 4.74 Å². The lowest BCUT2D eigenvalue weighted by Crippen LogP contribution is -1.83. The molecule has 19 heavy (non-hydrogen) atoms. The number of phenols is 1. The van der Waals surface area contributed by atoms with Gasteiger partial charge in [0.2, 0.25) is 0 Å². The molecule has 3 aromatic rings. The van der Waals surface area contributed by atoms with E-state index in [-0.39, 0.29) is 5.75 Å². The maximum Gasteiger partial charge on any atom is 0.298 e. The van der Waals surface area contributed by atoms with Crippen LogP contribution in [-0.4, -0.2) is 14.5 Å². The van der Waals surface area contributed by atoms with E-state index in [1.54, 1.807) is 12.1 Å². The highest BCUT2D eigenvalue weighted by Gasteiger charge is 2.02. The van der Waals surface area contributed by atoms with Crippen LogP contribution < -0.4 is 4.74 Å². The molecule has 1 aromatic heterocycles. The third-order valence-corrected chi connectivity index (χ3v) is 3.15. The van der Waals surface area contributed by atoms with Gasteiger partial charge in [0.15, 0.2) is 0 Å². The molecule has 0 aliphatic heterocycles. The van der Waals surface area contributed by atoms with E-state index >= 15 is 0 Å². The fourth-order valence-corrected chi connectivity index (χ4v) is 2.09. The lowest BCUT2D eigenvalue weighted by atomic mass is 10.1. The van der Waals surface area contributed by atoms with Gasteiger partial charge in [-0.1, -0.05) is 24.3 Å². The number of nitrogens with zero attached hydrogens (tertiary/aromatic N) is 2.